The van der Waals surface area contributed by atoms with Gasteiger partial charge in [-0.15, -0.1) is 11.3 Å². The zero-order valence-corrected chi connectivity index (χ0v) is 12.0. The maximum absolute atomic E-state index is 6.13. The van der Waals surface area contributed by atoms with Gasteiger partial charge in [-0.05, 0) is 37.1 Å². The molecule has 0 aromatic carbocycles. The lowest BCUT2D eigenvalue weighted by Crippen LogP contribution is -2.19. The van der Waals surface area contributed by atoms with Crippen molar-refractivity contribution in [2.24, 2.45) is 5.73 Å². The van der Waals surface area contributed by atoms with E-state index in [4.69, 9.17) is 5.73 Å². The molecule has 0 aliphatic carbocycles. The van der Waals surface area contributed by atoms with Crippen LogP contribution >= 0.6 is 11.3 Å². The number of aryl methyl sites for hydroxylation is 1. The molecule has 0 saturated carbocycles. The van der Waals surface area contributed by atoms with Gasteiger partial charge in [0.15, 0.2) is 0 Å². The van der Waals surface area contributed by atoms with Gasteiger partial charge in [-0.3, -0.25) is 0 Å². The van der Waals surface area contributed by atoms with Gasteiger partial charge in [-0.25, -0.2) is 0 Å². The first-order chi connectivity index (χ1) is 8.33. The highest BCUT2D eigenvalue weighted by molar-refractivity contribution is 7.09. The molecule has 0 aliphatic heterocycles. The summed E-state index contributed by atoms with van der Waals surface area (Å²) < 4.78 is 0. The van der Waals surface area contributed by atoms with Crippen LogP contribution in [-0.2, 0) is 6.42 Å². The highest BCUT2D eigenvalue weighted by Crippen LogP contribution is 2.14. The van der Waals surface area contributed by atoms with Gasteiger partial charge in [0.1, 0.15) is 0 Å². The first-order valence-electron chi connectivity index (χ1n) is 7.11. The minimum Gasteiger partial charge on any atom is -0.328 e. The predicted octanol–water partition coefficient (Wildman–Crippen LogP) is 4.76. The minimum absolute atomic E-state index is 0.427. The SMILES string of the molecule is CCCCCCCC(N)CCCc1cccs1. The summed E-state index contributed by atoms with van der Waals surface area (Å²) in [5.41, 5.74) is 6.13. The molecule has 1 aromatic rings. The van der Waals surface area contributed by atoms with Crippen LogP contribution in [0.25, 0.3) is 0 Å². The topological polar surface area (TPSA) is 26.0 Å². The summed E-state index contributed by atoms with van der Waals surface area (Å²) in [4.78, 5) is 1.50. The first-order valence-corrected chi connectivity index (χ1v) is 7.99. The summed E-state index contributed by atoms with van der Waals surface area (Å²) in [6, 6.07) is 4.78. The van der Waals surface area contributed by atoms with E-state index in [9.17, 15) is 0 Å². The van der Waals surface area contributed by atoms with Crippen molar-refractivity contribution in [3.8, 4) is 0 Å². The monoisotopic (exact) mass is 253 g/mol. The van der Waals surface area contributed by atoms with Crippen LogP contribution in [0.4, 0.5) is 0 Å². The molecule has 0 fully saturated rings. The lowest BCUT2D eigenvalue weighted by Gasteiger charge is -2.10. The van der Waals surface area contributed by atoms with E-state index in [1.54, 1.807) is 0 Å². The number of thiophene rings is 1. The summed E-state index contributed by atoms with van der Waals surface area (Å²) >= 11 is 1.86. The van der Waals surface area contributed by atoms with Crippen LogP contribution in [0.15, 0.2) is 17.5 Å². The summed E-state index contributed by atoms with van der Waals surface area (Å²) in [5.74, 6) is 0. The van der Waals surface area contributed by atoms with Crippen LogP contribution in [0.3, 0.4) is 0 Å². The molecule has 2 N–H and O–H groups in total. The van der Waals surface area contributed by atoms with Crippen LogP contribution < -0.4 is 5.73 Å². The number of unbranched alkanes of at least 4 members (excludes halogenated alkanes) is 4. The highest BCUT2D eigenvalue weighted by atomic mass is 32.1. The fourth-order valence-corrected chi connectivity index (χ4v) is 2.90. The van der Waals surface area contributed by atoms with Crippen LogP contribution in [0, 0.1) is 0 Å². The lowest BCUT2D eigenvalue weighted by atomic mass is 10.0. The second-order valence-corrected chi connectivity index (χ2v) is 5.97. The summed E-state index contributed by atoms with van der Waals surface area (Å²) in [6.45, 7) is 2.26. The Hall–Kier alpha value is -0.340. The maximum atomic E-state index is 6.13. The molecule has 1 heterocycles. The zero-order valence-electron chi connectivity index (χ0n) is 11.2. The fourth-order valence-electron chi connectivity index (χ4n) is 2.15. The normalized spacial score (nSPS) is 12.8. The Kier molecular flexibility index (Phi) is 8.37. The lowest BCUT2D eigenvalue weighted by molar-refractivity contribution is 0.504. The van der Waals surface area contributed by atoms with Crippen LogP contribution in [-0.4, -0.2) is 6.04 Å². The van der Waals surface area contributed by atoms with Crippen LogP contribution in [0.2, 0.25) is 0 Å². The van der Waals surface area contributed by atoms with Crippen molar-refractivity contribution in [2.45, 2.75) is 70.8 Å². The molecule has 1 nitrogen and oxygen atoms in total. The number of rotatable bonds is 10. The molecule has 0 spiro atoms. The molecule has 1 rings (SSSR count). The third kappa shape index (κ3) is 7.56. The molecule has 98 valence electrons. The van der Waals surface area contributed by atoms with E-state index >= 15 is 0 Å². The van der Waals surface area contributed by atoms with Crippen molar-refractivity contribution < 1.29 is 0 Å². The van der Waals surface area contributed by atoms with Gasteiger partial charge in [0.2, 0.25) is 0 Å². The fraction of sp³-hybridized carbons (Fsp3) is 0.733. The van der Waals surface area contributed by atoms with Gasteiger partial charge in [0.25, 0.3) is 0 Å². The zero-order chi connectivity index (χ0) is 12.3. The quantitative estimate of drug-likeness (QED) is 0.598. The van der Waals surface area contributed by atoms with Gasteiger partial charge in [0, 0.05) is 10.9 Å². The van der Waals surface area contributed by atoms with E-state index in [-0.39, 0.29) is 0 Å². The van der Waals surface area contributed by atoms with Gasteiger partial charge in [0.05, 0.1) is 0 Å². The van der Waals surface area contributed by atoms with E-state index in [1.807, 2.05) is 11.3 Å². The van der Waals surface area contributed by atoms with Gasteiger partial charge < -0.3 is 5.73 Å². The van der Waals surface area contributed by atoms with Crippen LogP contribution in [0.5, 0.6) is 0 Å². The second kappa shape index (κ2) is 9.67. The standard InChI is InChI=1S/C15H27NS/c1-2-3-4-5-6-9-14(16)10-7-11-15-12-8-13-17-15/h8,12-14H,2-7,9-11,16H2,1H3. The number of hydrogen-bond acceptors (Lipinski definition) is 2. The molecule has 0 radical (unpaired) electrons. The Bertz CT molecular complexity index is 256. The largest absolute Gasteiger partial charge is 0.328 e. The van der Waals surface area contributed by atoms with Gasteiger partial charge in [-0.2, -0.15) is 0 Å². The van der Waals surface area contributed by atoms with Crippen molar-refractivity contribution in [1.29, 1.82) is 0 Å². The highest BCUT2D eigenvalue weighted by Gasteiger charge is 2.03. The molecule has 1 unspecified atom stereocenters. The maximum Gasteiger partial charge on any atom is 0.00452 e. The van der Waals surface area contributed by atoms with E-state index in [1.165, 1.54) is 62.7 Å². The molecule has 17 heavy (non-hydrogen) atoms. The van der Waals surface area contributed by atoms with E-state index < -0.39 is 0 Å². The summed E-state index contributed by atoms with van der Waals surface area (Å²) in [5, 5.41) is 2.16. The van der Waals surface area contributed by atoms with Gasteiger partial charge in [-0.1, -0.05) is 45.1 Å². The Morgan fingerprint density at radius 3 is 2.59 bits per heavy atom. The summed E-state index contributed by atoms with van der Waals surface area (Å²) in [7, 11) is 0. The number of hydrogen-bond donors (Lipinski definition) is 1. The molecular weight excluding hydrogens is 226 g/mol. The molecule has 0 bridgehead atoms. The average Bonchev–Trinajstić information content (AvgIpc) is 2.82. The van der Waals surface area contributed by atoms with Crippen molar-refractivity contribution in [2.75, 3.05) is 0 Å². The molecule has 1 aromatic heterocycles. The molecular formula is C15H27NS. The second-order valence-electron chi connectivity index (χ2n) is 4.93. The third-order valence-corrected chi connectivity index (χ3v) is 4.19. The average molecular weight is 253 g/mol. The van der Waals surface area contributed by atoms with Crippen molar-refractivity contribution in [1.82, 2.24) is 0 Å². The molecule has 0 aliphatic rings. The molecule has 2 heteroatoms. The third-order valence-electron chi connectivity index (χ3n) is 3.26. The smallest absolute Gasteiger partial charge is 0.00452 e. The van der Waals surface area contributed by atoms with Crippen LogP contribution in [0.1, 0.15) is 63.2 Å². The summed E-state index contributed by atoms with van der Waals surface area (Å²) in [6.07, 6.45) is 11.6. The Morgan fingerprint density at radius 1 is 1.12 bits per heavy atom. The minimum atomic E-state index is 0.427. The van der Waals surface area contributed by atoms with E-state index in [2.05, 4.69) is 24.4 Å². The van der Waals surface area contributed by atoms with E-state index in [0.29, 0.717) is 6.04 Å². The Morgan fingerprint density at radius 2 is 1.88 bits per heavy atom. The van der Waals surface area contributed by atoms with Crippen molar-refractivity contribution in [3.63, 3.8) is 0 Å². The number of nitrogens with two attached hydrogens (primary N) is 1. The molecule has 0 saturated heterocycles. The molecule has 1 atom stereocenters. The first kappa shape index (κ1) is 14.7. The van der Waals surface area contributed by atoms with Crippen molar-refractivity contribution >= 4 is 11.3 Å². The van der Waals surface area contributed by atoms with Crippen molar-refractivity contribution in [3.05, 3.63) is 22.4 Å². The molecule has 0 amide bonds. The Balaban J connectivity index is 1.92. The van der Waals surface area contributed by atoms with E-state index in [0.717, 1.165) is 0 Å². The van der Waals surface area contributed by atoms with Gasteiger partial charge >= 0.3 is 0 Å². The predicted molar refractivity (Wildman–Crippen MR) is 78.6 cm³/mol. The Labute approximate surface area is 110 Å².